The molecule has 0 N–H and O–H groups in total. The van der Waals surface area contributed by atoms with Gasteiger partial charge in [0.15, 0.2) is 0 Å². The molecule has 0 amide bonds. The summed E-state index contributed by atoms with van der Waals surface area (Å²) in [6, 6.07) is 62.4. The summed E-state index contributed by atoms with van der Waals surface area (Å²) >= 11 is 1.83. The molecule has 3 nitrogen and oxygen atoms in total. The molecule has 0 radical (unpaired) electrons. The summed E-state index contributed by atoms with van der Waals surface area (Å²) in [5.41, 5.74) is 11.0. The Morgan fingerprint density at radius 2 is 1.04 bits per heavy atom. The summed E-state index contributed by atoms with van der Waals surface area (Å²) in [4.78, 5) is 2.37. The minimum absolute atomic E-state index is 0.854. The zero-order valence-corrected chi connectivity index (χ0v) is 28.7. The van der Waals surface area contributed by atoms with Gasteiger partial charge in [-0.2, -0.15) is 0 Å². The maximum absolute atomic E-state index is 6.94. The molecule has 52 heavy (non-hydrogen) atoms. The van der Waals surface area contributed by atoms with E-state index in [9.17, 15) is 0 Å². The first kappa shape index (κ1) is 29.1. The van der Waals surface area contributed by atoms with Crippen molar-refractivity contribution in [2.75, 3.05) is 4.90 Å². The number of benzene rings is 8. The largest absolute Gasteiger partial charge is 0.456 e. The van der Waals surface area contributed by atoms with Crippen molar-refractivity contribution in [2.24, 2.45) is 0 Å². The normalized spacial score (nSPS) is 11.8. The lowest BCUT2D eigenvalue weighted by Crippen LogP contribution is -2.10. The van der Waals surface area contributed by atoms with Crippen molar-refractivity contribution in [1.82, 2.24) is 0 Å². The molecule has 0 unspecified atom stereocenters. The van der Waals surface area contributed by atoms with E-state index < -0.39 is 0 Å². The molecule has 0 atom stereocenters. The number of hydrogen-bond donors (Lipinski definition) is 0. The smallest absolute Gasteiger partial charge is 0.145 e. The first-order chi connectivity index (χ1) is 25.8. The first-order valence-corrected chi connectivity index (χ1v) is 18.3. The highest BCUT2D eigenvalue weighted by atomic mass is 32.1. The third-order valence-electron chi connectivity index (χ3n) is 10.3. The van der Waals surface area contributed by atoms with Crippen LogP contribution in [0.2, 0.25) is 0 Å². The number of rotatable bonds is 5. The monoisotopic (exact) mass is 683 g/mol. The van der Waals surface area contributed by atoms with Crippen LogP contribution in [0.3, 0.4) is 0 Å². The zero-order valence-electron chi connectivity index (χ0n) is 27.9. The van der Waals surface area contributed by atoms with E-state index in [1.54, 1.807) is 0 Å². The van der Waals surface area contributed by atoms with E-state index >= 15 is 0 Å². The van der Waals surface area contributed by atoms with E-state index in [2.05, 4.69) is 169 Å². The Bertz CT molecular complexity index is 3130. The average molecular weight is 684 g/mol. The van der Waals surface area contributed by atoms with E-state index in [4.69, 9.17) is 8.83 Å². The van der Waals surface area contributed by atoms with Crippen LogP contribution in [0.4, 0.5) is 17.1 Å². The zero-order chi connectivity index (χ0) is 34.2. The third-order valence-corrected chi connectivity index (χ3v) is 11.4. The lowest BCUT2D eigenvalue weighted by Gasteiger charge is -2.27. The van der Waals surface area contributed by atoms with E-state index in [0.717, 1.165) is 83.2 Å². The van der Waals surface area contributed by atoms with E-state index in [-0.39, 0.29) is 0 Å². The van der Waals surface area contributed by atoms with Crippen LogP contribution in [0.1, 0.15) is 0 Å². The SMILES string of the molecule is c1ccc(-c2ccc3c(c2)oc2c(-c4ccccc4)ccc(N(c4ccc5c(c4)oc4ccccc45)c4ccc5sc6ccccc6c5c4)c23)cc1. The molecule has 3 aromatic heterocycles. The van der Waals surface area contributed by atoms with Crippen molar-refractivity contribution >= 4 is 92.4 Å². The minimum Gasteiger partial charge on any atom is -0.456 e. The molecule has 4 heteroatoms. The standard InChI is InChI=1S/C48H29NO2S/c1-3-11-30(12-4-1)32-19-22-39-43(27-32)51-48-35(31-13-5-2-6-14-31)24-25-41(47(39)48)49(33-21-26-46-40(28-33)38-16-8-10-18-45(38)52-46)34-20-23-37-36-15-7-9-17-42(36)50-44(37)29-34/h1-29H. The molecule has 0 aliphatic carbocycles. The molecule has 0 aliphatic rings. The second kappa shape index (κ2) is 11.5. The number of nitrogens with zero attached hydrogens (tertiary/aromatic N) is 1. The highest BCUT2D eigenvalue weighted by Gasteiger charge is 2.24. The molecule has 3 heterocycles. The van der Waals surface area contributed by atoms with Gasteiger partial charge < -0.3 is 13.7 Å². The summed E-state index contributed by atoms with van der Waals surface area (Å²) in [6.45, 7) is 0. The van der Waals surface area contributed by atoms with Gasteiger partial charge in [0.05, 0.1) is 11.1 Å². The van der Waals surface area contributed by atoms with Crippen LogP contribution < -0.4 is 4.90 Å². The van der Waals surface area contributed by atoms with Crippen molar-refractivity contribution in [3.63, 3.8) is 0 Å². The highest BCUT2D eigenvalue weighted by molar-refractivity contribution is 7.25. The van der Waals surface area contributed by atoms with Crippen LogP contribution in [-0.4, -0.2) is 0 Å². The van der Waals surface area contributed by atoms with Gasteiger partial charge in [0.1, 0.15) is 22.3 Å². The van der Waals surface area contributed by atoms with Gasteiger partial charge in [-0.3, -0.25) is 0 Å². The van der Waals surface area contributed by atoms with Gasteiger partial charge in [-0.25, -0.2) is 0 Å². The molecule has 0 bridgehead atoms. The van der Waals surface area contributed by atoms with Crippen molar-refractivity contribution in [3.05, 3.63) is 176 Å². The summed E-state index contributed by atoms with van der Waals surface area (Å²) in [5, 5.41) is 6.87. The molecule has 244 valence electrons. The molecule has 0 fully saturated rings. The van der Waals surface area contributed by atoms with Gasteiger partial charge in [-0.15, -0.1) is 11.3 Å². The van der Waals surface area contributed by atoms with Gasteiger partial charge >= 0.3 is 0 Å². The molecule has 11 aromatic rings. The number of furan rings is 2. The fourth-order valence-electron chi connectivity index (χ4n) is 7.84. The maximum Gasteiger partial charge on any atom is 0.145 e. The average Bonchev–Trinajstić information content (AvgIpc) is 3.89. The quantitative estimate of drug-likeness (QED) is 0.181. The van der Waals surface area contributed by atoms with Crippen LogP contribution >= 0.6 is 11.3 Å². The van der Waals surface area contributed by atoms with Gasteiger partial charge in [-0.1, -0.05) is 103 Å². The van der Waals surface area contributed by atoms with Gasteiger partial charge in [0.2, 0.25) is 0 Å². The van der Waals surface area contributed by atoms with E-state index in [0.29, 0.717) is 0 Å². The summed E-state index contributed by atoms with van der Waals surface area (Å²) < 4.78 is 16.0. The Morgan fingerprint density at radius 3 is 1.90 bits per heavy atom. The number of fused-ring (bicyclic) bond motifs is 9. The first-order valence-electron chi connectivity index (χ1n) is 17.5. The molecular weight excluding hydrogens is 655 g/mol. The lowest BCUT2D eigenvalue weighted by molar-refractivity contribution is 0.669. The molecule has 0 spiro atoms. The Hall–Kier alpha value is -6.62. The Morgan fingerprint density at radius 1 is 0.385 bits per heavy atom. The number of hydrogen-bond acceptors (Lipinski definition) is 4. The molecule has 0 saturated heterocycles. The second-order valence-electron chi connectivity index (χ2n) is 13.3. The predicted molar refractivity (Wildman–Crippen MR) is 219 cm³/mol. The van der Waals surface area contributed by atoms with Crippen LogP contribution in [0.15, 0.2) is 185 Å². The molecule has 0 saturated carbocycles. The minimum atomic E-state index is 0.854. The van der Waals surface area contributed by atoms with Crippen molar-refractivity contribution in [3.8, 4) is 22.3 Å². The Labute approximate surface area is 303 Å². The van der Waals surface area contributed by atoms with Gasteiger partial charge in [-0.05, 0) is 83.4 Å². The van der Waals surface area contributed by atoms with E-state index in [1.165, 1.54) is 20.2 Å². The van der Waals surface area contributed by atoms with E-state index in [1.807, 2.05) is 23.5 Å². The van der Waals surface area contributed by atoms with Crippen molar-refractivity contribution in [2.45, 2.75) is 0 Å². The Balaban J connectivity index is 1.21. The van der Waals surface area contributed by atoms with Gasteiger partial charge in [0.25, 0.3) is 0 Å². The molecule has 8 aromatic carbocycles. The summed E-state index contributed by atoms with van der Waals surface area (Å²) in [7, 11) is 0. The summed E-state index contributed by atoms with van der Waals surface area (Å²) in [5.74, 6) is 0. The number of anilines is 3. The third kappa shape index (κ3) is 4.51. The number of para-hydroxylation sites is 1. The molecular formula is C48H29NO2S. The number of thiophene rings is 1. The van der Waals surface area contributed by atoms with Crippen LogP contribution in [0.5, 0.6) is 0 Å². The molecule has 0 aliphatic heterocycles. The highest BCUT2D eigenvalue weighted by Crippen LogP contribution is 2.48. The van der Waals surface area contributed by atoms with Crippen LogP contribution in [0, 0.1) is 0 Å². The topological polar surface area (TPSA) is 29.5 Å². The molecule has 11 rings (SSSR count). The second-order valence-corrected chi connectivity index (χ2v) is 14.4. The Kier molecular flexibility index (Phi) is 6.42. The fraction of sp³-hybridized carbons (Fsp3) is 0. The van der Waals surface area contributed by atoms with Crippen LogP contribution in [-0.2, 0) is 0 Å². The fourth-order valence-corrected chi connectivity index (χ4v) is 8.92. The van der Waals surface area contributed by atoms with Crippen LogP contribution in [0.25, 0.3) is 86.3 Å². The van der Waals surface area contributed by atoms with Gasteiger partial charge in [0, 0.05) is 59.3 Å². The lowest BCUT2D eigenvalue weighted by atomic mass is 9.98. The van der Waals surface area contributed by atoms with Crippen molar-refractivity contribution in [1.29, 1.82) is 0 Å². The predicted octanol–water partition coefficient (Wildman–Crippen LogP) is 14.7. The van der Waals surface area contributed by atoms with Crippen molar-refractivity contribution < 1.29 is 8.83 Å². The summed E-state index contributed by atoms with van der Waals surface area (Å²) in [6.07, 6.45) is 0. The maximum atomic E-state index is 6.94.